The Morgan fingerprint density at radius 1 is 1.12 bits per heavy atom. The molecule has 0 bridgehead atoms. The summed E-state index contributed by atoms with van der Waals surface area (Å²) < 4.78 is 46.3. The molecule has 4 rings (SSSR count). The number of aromatic nitrogens is 1. The molecule has 0 spiro atoms. The fourth-order valence-electron chi connectivity index (χ4n) is 4.73. The average Bonchev–Trinajstić information content (AvgIpc) is 3.18. The number of hydrogen-bond acceptors (Lipinski definition) is 7. The number of nitrogens with zero attached hydrogens (tertiary/aromatic N) is 4. The van der Waals surface area contributed by atoms with Crippen LogP contribution in [0.4, 0.5) is 10.1 Å². The number of amides is 1. The molecule has 1 amide bonds. The predicted octanol–water partition coefficient (Wildman–Crippen LogP) is 1.77. The summed E-state index contributed by atoms with van der Waals surface area (Å²) in [6.45, 7) is 8.16. The van der Waals surface area contributed by atoms with Gasteiger partial charge >= 0.3 is 0 Å². The lowest BCUT2D eigenvalue weighted by molar-refractivity contribution is -0.126. The first kappa shape index (κ1) is 24.6. The van der Waals surface area contributed by atoms with Crippen molar-refractivity contribution in [2.24, 2.45) is 5.92 Å². The zero-order valence-electron chi connectivity index (χ0n) is 19.7. The Balaban J connectivity index is 1.19. The maximum absolute atomic E-state index is 14.0. The molecule has 2 aromatic rings. The van der Waals surface area contributed by atoms with Gasteiger partial charge in [0.1, 0.15) is 16.4 Å². The van der Waals surface area contributed by atoms with E-state index in [9.17, 15) is 17.6 Å². The van der Waals surface area contributed by atoms with E-state index in [1.807, 2.05) is 6.07 Å². The van der Waals surface area contributed by atoms with Crippen LogP contribution in [0.5, 0.6) is 0 Å². The minimum atomic E-state index is -3.68. The van der Waals surface area contributed by atoms with Crippen LogP contribution in [-0.2, 0) is 14.8 Å². The number of sulfonamides is 1. The summed E-state index contributed by atoms with van der Waals surface area (Å²) in [7, 11) is -3.68. The number of aryl methyl sites for hydroxylation is 2. The maximum Gasteiger partial charge on any atom is 0.248 e. The first-order valence-electron chi connectivity index (χ1n) is 11.7. The molecule has 186 valence electrons. The number of piperidine rings is 1. The number of hydrogen-bond donors (Lipinski definition) is 1. The van der Waals surface area contributed by atoms with E-state index in [1.54, 1.807) is 26.0 Å². The lowest BCUT2D eigenvalue weighted by atomic mass is 9.97. The quantitative estimate of drug-likeness (QED) is 0.628. The van der Waals surface area contributed by atoms with Gasteiger partial charge in [-0.2, -0.15) is 4.31 Å². The third-order valence-electron chi connectivity index (χ3n) is 6.68. The first-order valence-corrected chi connectivity index (χ1v) is 13.1. The maximum atomic E-state index is 14.0. The number of anilines is 1. The van der Waals surface area contributed by atoms with Crippen LogP contribution in [0.1, 0.15) is 24.3 Å². The van der Waals surface area contributed by atoms with Crippen molar-refractivity contribution in [3.63, 3.8) is 0 Å². The van der Waals surface area contributed by atoms with Crippen LogP contribution < -0.4 is 10.2 Å². The van der Waals surface area contributed by atoms with Gasteiger partial charge in [-0.05, 0) is 38.8 Å². The molecule has 2 aliphatic heterocycles. The third-order valence-corrected chi connectivity index (χ3v) is 8.83. The summed E-state index contributed by atoms with van der Waals surface area (Å²) in [6.07, 6.45) is 0.964. The van der Waals surface area contributed by atoms with Gasteiger partial charge in [-0.25, -0.2) is 12.8 Å². The van der Waals surface area contributed by atoms with E-state index in [-0.39, 0.29) is 28.3 Å². The van der Waals surface area contributed by atoms with Crippen molar-refractivity contribution in [1.29, 1.82) is 0 Å². The molecule has 2 saturated heterocycles. The van der Waals surface area contributed by atoms with Crippen LogP contribution in [0.2, 0.25) is 0 Å². The molecule has 34 heavy (non-hydrogen) atoms. The van der Waals surface area contributed by atoms with Gasteiger partial charge in [-0.1, -0.05) is 17.3 Å². The van der Waals surface area contributed by atoms with E-state index in [0.29, 0.717) is 43.9 Å². The van der Waals surface area contributed by atoms with Crippen molar-refractivity contribution < 1.29 is 22.1 Å². The molecule has 9 nitrogen and oxygen atoms in total. The highest BCUT2D eigenvalue weighted by Gasteiger charge is 2.35. The van der Waals surface area contributed by atoms with Crippen LogP contribution in [0, 0.1) is 25.6 Å². The average molecular weight is 494 g/mol. The number of halogens is 1. The Morgan fingerprint density at radius 2 is 1.79 bits per heavy atom. The monoisotopic (exact) mass is 493 g/mol. The topological polar surface area (TPSA) is 99.0 Å². The molecule has 0 unspecified atom stereocenters. The summed E-state index contributed by atoms with van der Waals surface area (Å²) in [6, 6.07) is 6.82. The van der Waals surface area contributed by atoms with Crippen molar-refractivity contribution in [3.05, 3.63) is 41.5 Å². The van der Waals surface area contributed by atoms with E-state index in [4.69, 9.17) is 4.52 Å². The van der Waals surface area contributed by atoms with Gasteiger partial charge in [0.2, 0.25) is 15.9 Å². The highest BCUT2D eigenvalue weighted by Crippen LogP contribution is 2.27. The van der Waals surface area contributed by atoms with Gasteiger partial charge < -0.3 is 14.7 Å². The van der Waals surface area contributed by atoms with Crippen molar-refractivity contribution in [1.82, 2.24) is 19.7 Å². The summed E-state index contributed by atoms with van der Waals surface area (Å²) >= 11 is 0. The van der Waals surface area contributed by atoms with Crippen molar-refractivity contribution in [3.8, 4) is 0 Å². The van der Waals surface area contributed by atoms with Gasteiger partial charge in [0, 0.05) is 58.3 Å². The Morgan fingerprint density at radius 3 is 2.41 bits per heavy atom. The molecule has 0 saturated carbocycles. The molecule has 1 aromatic carbocycles. The molecule has 2 fully saturated rings. The molecule has 0 atom stereocenters. The second kappa shape index (κ2) is 10.4. The third kappa shape index (κ3) is 5.26. The van der Waals surface area contributed by atoms with E-state index < -0.39 is 10.0 Å². The summed E-state index contributed by atoms with van der Waals surface area (Å²) in [5.74, 6) is -0.144. The molecule has 2 aliphatic rings. The minimum absolute atomic E-state index is 0.0284. The highest BCUT2D eigenvalue weighted by atomic mass is 32.2. The van der Waals surface area contributed by atoms with E-state index in [0.717, 1.165) is 32.7 Å². The standard InChI is InChI=1S/C23H32FN5O4S/c1-17-22(18(2)33-26-17)34(31,32)29-10-7-19(8-11-29)23(30)25-9-12-27-13-15-28(16-14-27)21-6-4-3-5-20(21)24/h3-6,19H,7-16H2,1-2H3,(H,25,30). The fraction of sp³-hybridized carbons (Fsp3) is 0.565. The number of carbonyl (C=O) groups excluding carboxylic acids is 1. The van der Waals surface area contributed by atoms with Crippen molar-refractivity contribution in [2.45, 2.75) is 31.6 Å². The van der Waals surface area contributed by atoms with Gasteiger partial charge in [-0.15, -0.1) is 0 Å². The van der Waals surface area contributed by atoms with Gasteiger partial charge in [0.05, 0.1) is 5.69 Å². The normalized spacial score (nSPS) is 18.9. The van der Waals surface area contributed by atoms with Crippen LogP contribution in [0.3, 0.4) is 0 Å². The van der Waals surface area contributed by atoms with Crippen molar-refractivity contribution in [2.75, 3.05) is 57.3 Å². The number of para-hydroxylation sites is 1. The van der Waals surface area contributed by atoms with Gasteiger partial charge in [0.15, 0.2) is 5.76 Å². The molecule has 11 heteroatoms. The number of piperazine rings is 1. The van der Waals surface area contributed by atoms with Crippen molar-refractivity contribution >= 4 is 21.6 Å². The van der Waals surface area contributed by atoms with Gasteiger partial charge in [-0.3, -0.25) is 9.69 Å². The Labute approximate surface area is 199 Å². The SMILES string of the molecule is Cc1noc(C)c1S(=O)(=O)N1CCC(C(=O)NCCN2CCN(c3ccccc3F)CC2)CC1. The molecular weight excluding hydrogens is 461 g/mol. The zero-order chi connectivity index (χ0) is 24.3. The van der Waals surface area contributed by atoms with Gasteiger partial charge in [0.25, 0.3) is 0 Å². The molecule has 0 aliphatic carbocycles. The molecule has 1 N–H and O–H groups in total. The summed E-state index contributed by atoms with van der Waals surface area (Å²) in [5, 5.41) is 6.75. The summed E-state index contributed by atoms with van der Waals surface area (Å²) in [5.41, 5.74) is 0.991. The molecule has 1 aromatic heterocycles. The zero-order valence-corrected chi connectivity index (χ0v) is 20.5. The van der Waals surface area contributed by atoms with E-state index in [1.165, 1.54) is 10.4 Å². The van der Waals surface area contributed by atoms with E-state index >= 15 is 0 Å². The number of carbonyl (C=O) groups is 1. The lowest BCUT2D eigenvalue weighted by Gasteiger charge is -2.36. The molecular formula is C23H32FN5O4S. The number of rotatable bonds is 7. The van der Waals surface area contributed by atoms with Crippen LogP contribution in [0.15, 0.2) is 33.7 Å². The molecule has 3 heterocycles. The van der Waals surface area contributed by atoms with Crippen LogP contribution >= 0.6 is 0 Å². The summed E-state index contributed by atoms with van der Waals surface area (Å²) in [4.78, 5) is 17.1. The Kier molecular flexibility index (Phi) is 7.54. The second-order valence-corrected chi connectivity index (χ2v) is 10.8. The number of benzene rings is 1. The first-order chi connectivity index (χ1) is 16.3. The number of nitrogens with one attached hydrogen (secondary N) is 1. The molecule has 0 radical (unpaired) electrons. The minimum Gasteiger partial charge on any atom is -0.367 e. The largest absolute Gasteiger partial charge is 0.367 e. The smallest absolute Gasteiger partial charge is 0.248 e. The fourth-order valence-corrected chi connectivity index (χ4v) is 6.49. The van der Waals surface area contributed by atoms with E-state index in [2.05, 4.69) is 20.3 Å². The Hall–Kier alpha value is -2.50. The second-order valence-electron chi connectivity index (χ2n) is 8.90. The predicted molar refractivity (Wildman–Crippen MR) is 126 cm³/mol. The highest BCUT2D eigenvalue weighted by molar-refractivity contribution is 7.89. The lowest BCUT2D eigenvalue weighted by Crippen LogP contribution is -2.49. The van der Waals surface area contributed by atoms with Crippen LogP contribution in [0.25, 0.3) is 0 Å². The van der Waals surface area contributed by atoms with Crippen LogP contribution in [-0.4, -0.2) is 81.0 Å². The Bertz CT molecular complexity index is 1090.